The molecule has 0 atom stereocenters. The van der Waals surface area contributed by atoms with Gasteiger partial charge in [-0.15, -0.1) is 0 Å². The van der Waals surface area contributed by atoms with Crippen LogP contribution in [0.2, 0.25) is 0 Å². The Labute approximate surface area is 179 Å². The van der Waals surface area contributed by atoms with Gasteiger partial charge in [0.05, 0.1) is 7.11 Å². The molecular weight excluding hydrogens is 421 g/mol. The van der Waals surface area contributed by atoms with Crippen molar-refractivity contribution in [2.45, 2.75) is 11.3 Å². The van der Waals surface area contributed by atoms with E-state index in [-0.39, 0.29) is 27.9 Å². The molecule has 0 aliphatic carbocycles. The number of hydrogen-bond acceptors (Lipinski definition) is 4. The van der Waals surface area contributed by atoms with Gasteiger partial charge in [0.1, 0.15) is 16.5 Å². The van der Waals surface area contributed by atoms with Crippen LogP contribution in [-0.4, -0.2) is 51.5 Å². The number of rotatable bonds is 5. The molecule has 0 bridgehead atoms. The summed E-state index contributed by atoms with van der Waals surface area (Å²) < 4.78 is 45.4. The first kappa shape index (κ1) is 21.1. The molecule has 0 fully saturated rings. The molecule has 0 saturated carbocycles. The number of hydrogen-bond donors (Lipinski definition) is 2. The first-order valence-electron chi connectivity index (χ1n) is 9.71. The lowest BCUT2D eigenvalue weighted by atomic mass is 9.98. The van der Waals surface area contributed by atoms with Gasteiger partial charge in [0.25, 0.3) is 5.91 Å². The predicted octanol–water partition coefficient (Wildman–Crippen LogP) is 3.15. The van der Waals surface area contributed by atoms with Crippen molar-refractivity contribution >= 4 is 32.4 Å². The predicted molar refractivity (Wildman–Crippen MR) is 116 cm³/mol. The fourth-order valence-corrected chi connectivity index (χ4v) is 4.69. The second kappa shape index (κ2) is 8.16. The number of sulfonamides is 1. The van der Waals surface area contributed by atoms with Crippen LogP contribution in [0, 0.1) is 5.82 Å². The lowest BCUT2D eigenvalue weighted by Gasteiger charge is -2.27. The van der Waals surface area contributed by atoms with Crippen molar-refractivity contribution in [2.75, 3.05) is 27.2 Å². The van der Waals surface area contributed by atoms with Crippen LogP contribution >= 0.6 is 0 Å². The molecule has 0 spiro atoms. The molecule has 0 unspecified atom stereocenters. The highest BCUT2D eigenvalue weighted by Gasteiger charge is 2.24. The van der Waals surface area contributed by atoms with Crippen LogP contribution in [0.25, 0.3) is 16.5 Å². The number of methoxy groups -OCH3 is 1. The monoisotopic (exact) mass is 443 g/mol. The van der Waals surface area contributed by atoms with E-state index in [1.165, 1.54) is 38.4 Å². The second-order valence-electron chi connectivity index (χ2n) is 7.20. The van der Waals surface area contributed by atoms with E-state index in [2.05, 4.69) is 9.71 Å². The minimum atomic E-state index is -3.78. The first-order valence-corrected chi connectivity index (χ1v) is 11.2. The number of ether oxygens (including phenoxy) is 1. The van der Waals surface area contributed by atoms with Gasteiger partial charge in [0.2, 0.25) is 10.0 Å². The Morgan fingerprint density at radius 3 is 2.71 bits per heavy atom. The van der Waals surface area contributed by atoms with Crippen molar-refractivity contribution in [3.8, 4) is 5.75 Å². The Hall–Kier alpha value is -3.17. The summed E-state index contributed by atoms with van der Waals surface area (Å²) >= 11 is 0. The first-order chi connectivity index (χ1) is 14.8. The number of fused-ring (bicyclic) bond motifs is 1. The Balaban J connectivity index is 1.58. The van der Waals surface area contributed by atoms with E-state index in [9.17, 15) is 17.6 Å². The largest absolute Gasteiger partial charge is 0.495 e. The molecule has 2 N–H and O–H groups in total. The maximum Gasteiger partial charge on any atom is 0.254 e. The van der Waals surface area contributed by atoms with Gasteiger partial charge in [-0.3, -0.25) is 4.79 Å². The lowest BCUT2D eigenvalue weighted by Crippen LogP contribution is -2.34. The van der Waals surface area contributed by atoms with Gasteiger partial charge >= 0.3 is 0 Å². The van der Waals surface area contributed by atoms with Gasteiger partial charge in [-0.1, -0.05) is 6.08 Å². The number of carbonyl (C=O) groups is 1. The molecule has 0 saturated heterocycles. The summed E-state index contributed by atoms with van der Waals surface area (Å²) in [4.78, 5) is 17.7. The van der Waals surface area contributed by atoms with Crippen molar-refractivity contribution < 1.29 is 22.3 Å². The van der Waals surface area contributed by atoms with Crippen LogP contribution in [-0.2, 0) is 10.0 Å². The normalized spacial score (nSPS) is 14.5. The zero-order valence-electron chi connectivity index (χ0n) is 17.1. The van der Waals surface area contributed by atoms with E-state index in [0.29, 0.717) is 19.5 Å². The molecule has 31 heavy (non-hydrogen) atoms. The molecule has 162 valence electrons. The van der Waals surface area contributed by atoms with Crippen LogP contribution < -0.4 is 9.46 Å². The summed E-state index contributed by atoms with van der Waals surface area (Å²) in [5.74, 6) is -0.386. The summed E-state index contributed by atoms with van der Waals surface area (Å²) in [6.07, 6.45) is 4.46. The number of aromatic amines is 1. The highest BCUT2D eigenvalue weighted by atomic mass is 32.2. The number of benzene rings is 2. The number of halogens is 1. The smallest absolute Gasteiger partial charge is 0.254 e. The van der Waals surface area contributed by atoms with Crippen molar-refractivity contribution in [3.63, 3.8) is 0 Å². The van der Waals surface area contributed by atoms with E-state index in [1.807, 2.05) is 12.3 Å². The maximum atomic E-state index is 13.4. The highest BCUT2D eigenvalue weighted by molar-refractivity contribution is 7.89. The maximum absolute atomic E-state index is 13.4. The van der Waals surface area contributed by atoms with Gasteiger partial charge in [-0.25, -0.2) is 17.5 Å². The fourth-order valence-electron chi connectivity index (χ4n) is 3.77. The number of aromatic nitrogens is 1. The number of H-pyrrole nitrogens is 1. The van der Waals surface area contributed by atoms with E-state index < -0.39 is 10.0 Å². The average molecular weight is 444 g/mol. The molecule has 1 aromatic heterocycles. The molecule has 1 amide bonds. The molecule has 1 aliphatic rings. The van der Waals surface area contributed by atoms with Gasteiger partial charge in [0.15, 0.2) is 0 Å². The van der Waals surface area contributed by atoms with Gasteiger partial charge in [0, 0.05) is 41.3 Å². The minimum Gasteiger partial charge on any atom is -0.495 e. The molecular formula is C22H22FN3O4S. The third-order valence-corrected chi connectivity index (χ3v) is 6.89. The number of carbonyl (C=O) groups excluding carboxylic acids is 1. The van der Waals surface area contributed by atoms with Gasteiger partial charge < -0.3 is 14.6 Å². The summed E-state index contributed by atoms with van der Waals surface area (Å²) in [7, 11) is -1.10. The summed E-state index contributed by atoms with van der Waals surface area (Å²) in [6.45, 7) is 0.876. The van der Waals surface area contributed by atoms with E-state index in [0.717, 1.165) is 22.0 Å². The van der Waals surface area contributed by atoms with E-state index >= 15 is 0 Å². The molecule has 9 heteroatoms. The molecule has 3 aromatic rings. The Morgan fingerprint density at radius 2 is 2.03 bits per heavy atom. The number of amides is 1. The SMILES string of the molecule is CNS(=O)(=O)c1cc(C(=O)N2CC=C(c3c[nH]c4cc(F)ccc34)CC2)ccc1OC. The van der Waals surface area contributed by atoms with Crippen LogP contribution in [0.4, 0.5) is 4.39 Å². The van der Waals surface area contributed by atoms with Crippen LogP contribution in [0.15, 0.2) is 53.6 Å². The highest BCUT2D eigenvalue weighted by Crippen LogP contribution is 2.31. The number of nitrogens with zero attached hydrogens (tertiary/aromatic N) is 1. The molecule has 2 heterocycles. The van der Waals surface area contributed by atoms with E-state index in [4.69, 9.17) is 4.74 Å². The summed E-state index contributed by atoms with van der Waals surface area (Å²) in [6, 6.07) is 9.01. The average Bonchev–Trinajstić information content (AvgIpc) is 3.21. The van der Waals surface area contributed by atoms with Crippen LogP contribution in [0.3, 0.4) is 0 Å². The number of nitrogens with one attached hydrogen (secondary N) is 2. The molecule has 0 radical (unpaired) electrons. The quantitative estimate of drug-likeness (QED) is 0.634. The van der Waals surface area contributed by atoms with Crippen molar-refractivity contribution in [1.82, 2.24) is 14.6 Å². The second-order valence-corrected chi connectivity index (χ2v) is 9.05. The van der Waals surface area contributed by atoms with E-state index in [1.54, 1.807) is 17.0 Å². The van der Waals surface area contributed by atoms with Crippen molar-refractivity contribution in [2.24, 2.45) is 0 Å². The Bertz CT molecular complexity index is 1300. The fraction of sp³-hybridized carbons (Fsp3) is 0.227. The Morgan fingerprint density at radius 1 is 1.23 bits per heavy atom. The molecule has 1 aliphatic heterocycles. The molecule has 7 nitrogen and oxygen atoms in total. The molecule has 4 rings (SSSR count). The van der Waals surface area contributed by atoms with Gasteiger partial charge in [-0.05, 0) is 55.4 Å². The van der Waals surface area contributed by atoms with Crippen LogP contribution in [0.1, 0.15) is 22.3 Å². The standard InChI is InChI=1S/C22H22FN3O4S/c1-24-31(28,29)21-11-15(3-6-20(21)30-2)22(27)26-9-7-14(8-10-26)18-13-25-19-12-16(23)4-5-17(18)19/h3-7,11-13,24-25H,8-10H2,1-2H3. The van der Waals surface area contributed by atoms with Crippen molar-refractivity contribution in [3.05, 3.63) is 65.6 Å². The third-order valence-electron chi connectivity index (χ3n) is 5.45. The zero-order chi connectivity index (χ0) is 22.2. The lowest BCUT2D eigenvalue weighted by molar-refractivity contribution is 0.0772. The summed E-state index contributed by atoms with van der Waals surface area (Å²) in [5, 5.41) is 0.935. The Kier molecular flexibility index (Phi) is 5.55. The van der Waals surface area contributed by atoms with Crippen molar-refractivity contribution in [1.29, 1.82) is 0 Å². The topological polar surface area (TPSA) is 91.5 Å². The van der Waals surface area contributed by atoms with Crippen LogP contribution in [0.5, 0.6) is 5.75 Å². The van der Waals surface area contributed by atoms with Gasteiger partial charge in [-0.2, -0.15) is 0 Å². The summed E-state index contributed by atoms with van der Waals surface area (Å²) in [5.41, 5.74) is 3.07. The minimum absolute atomic E-state index is 0.0809. The zero-order valence-corrected chi connectivity index (χ0v) is 17.9. The third kappa shape index (κ3) is 3.94. The molecule has 2 aromatic carbocycles.